The van der Waals surface area contributed by atoms with E-state index < -0.39 is 0 Å². The molecule has 1 aromatic carbocycles. The zero-order chi connectivity index (χ0) is 19.8. The smallest absolute Gasteiger partial charge is 0.262 e. The third kappa shape index (κ3) is 3.48. The van der Waals surface area contributed by atoms with E-state index in [9.17, 15) is 9.59 Å². The van der Waals surface area contributed by atoms with Gasteiger partial charge in [0.2, 0.25) is 5.91 Å². The van der Waals surface area contributed by atoms with Gasteiger partial charge in [-0.3, -0.25) is 14.2 Å². The number of rotatable bonds is 5. The molecule has 0 unspecified atom stereocenters. The summed E-state index contributed by atoms with van der Waals surface area (Å²) in [4.78, 5) is 31.7. The average molecular weight is 411 g/mol. The molecule has 1 aliphatic carbocycles. The van der Waals surface area contributed by atoms with Crippen molar-refractivity contribution >= 4 is 27.5 Å². The molecule has 7 nitrogen and oxygen atoms in total. The second-order valence-electron chi connectivity index (χ2n) is 7.29. The summed E-state index contributed by atoms with van der Waals surface area (Å²) < 4.78 is 12.5. The van der Waals surface area contributed by atoms with Gasteiger partial charge in [-0.1, -0.05) is 6.07 Å². The Hall–Kier alpha value is -2.87. The van der Waals surface area contributed by atoms with E-state index in [1.54, 1.807) is 11.3 Å². The summed E-state index contributed by atoms with van der Waals surface area (Å²) in [5, 5.41) is 3.59. The summed E-state index contributed by atoms with van der Waals surface area (Å²) >= 11 is 1.61. The van der Waals surface area contributed by atoms with E-state index in [4.69, 9.17) is 9.47 Å². The topological polar surface area (TPSA) is 82.5 Å². The van der Waals surface area contributed by atoms with Crippen molar-refractivity contribution in [3.63, 3.8) is 0 Å². The molecule has 1 N–H and O–H groups in total. The van der Waals surface area contributed by atoms with E-state index in [-0.39, 0.29) is 18.0 Å². The van der Waals surface area contributed by atoms with Crippen LogP contribution in [0.3, 0.4) is 0 Å². The van der Waals surface area contributed by atoms with E-state index in [0.717, 1.165) is 46.7 Å². The number of thiophene rings is 1. The maximum Gasteiger partial charge on any atom is 0.262 e. The van der Waals surface area contributed by atoms with Crippen molar-refractivity contribution in [2.75, 3.05) is 19.8 Å². The number of nitrogens with one attached hydrogen (secondary N) is 1. The van der Waals surface area contributed by atoms with Gasteiger partial charge in [-0.15, -0.1) is 11.3 Å². The number of amides is 1. The number of hydrogen-bond donors (Lipinski definition) is 1. The second kappa shape index (κ2) is 7.51. The van der Waals surface area contributed by atoms with Crippen LogP contribution < -0.4 is 20.3 Å². The van der Waals surface area contributed by atoms with Crippen LogP contribution in [0.2, 0.25) is 0 Å². The van der Waals surface area contributed by atoms with Gasteiger partial charge in [0.25, 0.3) is 5.56 Å². The van der Waals surface area contributed by atoms with Crippen LogP contribution in [0, 0.1) is 0 Å². The van der Waals surface area contributed by atoms with Gasteiger partial charge in [-0.2, -0.15) is 0 Å². The zero-order valence-electron chi connectivity index (χ0n) is 15.9. The quantitative estimate of drug-likeness (QED) is 0.695. The largest absolute Gasteiger partial charge is 0.486 e. The predicted octanol–water partition coefficient (Wildman–Crippen LogP) is 2.08. The molecule has 0 fully saturated rings. The predicted molar refractivity (Wildman–Crippen MR) is 110 cm³/mol. The van der Waals surface area contributed by atoms with Gasteiger partial charge in [0, 0.05) is 11.4 Å². The minimum Gasteiger partial charge on any atom is -0.486 e. The molecule has 150 valence electrons. The highest BCUT2D eigenvalue weighted by Gasteiger charge is 2.21. The van der Waals surface area contributed by atoms with Crippen LogP contribution in [0.4, 0.5) is 0 Å². The van der Waals surface area contributed by atoms with Crippen molar-refractivity contribution in [3.05, 3.63) is 50.9 Å². The Balaban J connectivity index is 1.22. The third-order valence-corrected chi connectivity index (χ3v) is 6.55. The summed E-state index contributed by atoms with van der Waals surface area (Å²) in [6, 6.07) is 5.81. The lowest BCUT2D eigenvalue weighted by Crippen LogP contribution is -2.33. The number of nitrogens with zero attached hydrogens (tertiary/aromatic N) is 2. The first-order valence-electron chi connectivity index (χ1n) is 9.84. The molecular formula is C21H21N3O4S. The fourth-order valence-electron chi connectivity index (χ4n) is 3.93. The number of hydrogen-bond acceptors (Lipinski definition) is 6. The van der Waals surface area contributed by atoms with Crippen LogP contribution in [0.5, 0.6) is 11.5 Å². The van der Waals surface area contributed by atoms with Crippen molar-refractivity contribution in [1.29, 1.82) is 0 Å². The molecule has 2 aromatic heterocycles. The van der Waals surface area contributed by atoms with Crippen LogP contribution in [0.15, 0.2) is 29.3 Å². The molecule has 29 heavy (non-hydrogen) atoms. The molecule has 5 rings (SSSR count). The van der Waals surface area contributed by atoms with Crippen molar-refractivity contribution in [1.82, 2.24) is 14.9 Å². The maximum atomic E-state index is 12.8. The lowest BCUT2D eigenvalue weighted by Gasteiger charge is -2.18. The van der Waals surface area contributed by atoms with Gasteiger partial charge in [-0.25, -0.2) is 4.98 Å². The maximum absolute atomic E-state index is 12.8. The van der Waals surface area contributed by atoms with Gasteiger partial charge in [0.05, 0.1) is 11.7 Å². The SMILES string of the molecule is O=C(Cn1cnc2sc3c(c2c1=O)CCC3)NCCc1ccc2c(c1)OCCO2. The van der Waals surface area contributed by atoms with Gasteiger partial charge in [0.1, 0.15) is 24.6 Å². The van der Waals surface area contributed by atoms with Crippen molar-refractivity contribution in [3.8, 4) is 11.5 Å². The Bertz CT molecular complexity index is 1150. The molecule has 0 radical (unpaired) electrons. The number of carbonyl (C=O) groups excluding carboxylic acids is 1. The van der Waals surface area contributed by atoms with Crippen molar-refractivity contribution < 1.29 is 14.3 Å². The summed E-state index contributed by atoms with van der Waals surface area (Å²) in [5.74, 6) is 1.30. The molecule has 0 atom stereocenters. The molecular weight excluding hydrogens is 390 g/mol. The average Bonchev–Trinajstić information content (AvgIpc) is 3.31. The van der Waals surface area contributed by atoms with Gasteiger partial charge in [-0.05, 0) is 48.9 Å². The fraction of sp³-hybridized carbons (Fsp3) is 0.381. The van der Waals surface area contributed by atoms with Gasteiger partial charge < -0.3 is 14.8 Å². The van der Waals surface area contributed by atoms with Crippen LogP contribution in [0.1, 0.15) is 22.4 Å². The number of ether oxygens (including phenoxy) is 2. The first kappa shape index (κ1) is 18.2. The fourth-order valence-corrected chi connectivity index (χ4v) is 5.15. The monoisotopic (exact) mass is 411 g/mol. The normalized spacial score (nSPS) is 14.8. The number of benzene rings is 1. The molecule has 1 amide bonds. The van der Waals surface area contributed by atoms with E-state index in [2.05, 4.69) is 10.3 Å². The van der Waals surface area contributed by atoms with Crippen LogP contribution in [-0.2, 0) is 30.6 Å². The number of aromatic nitrogens is 2. The Morgan fingerprint density at radius 3 is 2.97 bits per heavy atom. The Morgan fingerprint density at radius 2 is 2.07 bits per heavy atom. The summed E-state index contributed by atoms with van der Waals surface area (Å²) in [5.41, 5.74) is 2.08. The minimum absolute atomic E-state index is 0.0203. The first-order valence-corrected chi connectivity index (χ1v) is 10.7. The van der Waals surface area contributed by atoms with Crippen molar-refractivity contribution in [2.45, 2.75) is 32.2 Å². The molecule has 0 spiro atoms. The van der Waals surface area contributed by atoms with E-state index in [0.29, 0.717) is 31.6 Å². The molecule has 0 saturated heterocycles. The summed E-state index contributed by atoms with van der Waals surface area (Å²) in [6.45, 7) is 1.58. The lowest BCUT2D eigenvalue weighted by molar-refractivity contribution is -0.121. The summed E-state index contributed by atoms with van der Waals surface area (Å²) in [6.07, 6.45) is 5.20. The van der Waals surface area contributed by atoms with Crippen LogP contribution in [0.25, 0.3) is 10.2 Å². The van der Waals surface area contributed by atoms with Gasteiger partial charge in [0.15, 0.2) is 11.5 Å². The highest BCUT2D eigenvalue weighted by Crippen LogP contribution is 2.34. The molecule has 0 bridgehead atoms. The Morgan fingerprint density at radius 1 is 1.21 bits per heavy atom. The molecule has 1 aliphatic heterocycles. The summed E-state index contributed by atoms with van der Waals surface area (Å²) in [7, 11) is 0. The van der Waals surface area contributed by atoms with Crippen molar-refractivity contribution in [2.24, 2.45) is 0 Å². The van der Waals surface area contributed by atoms with Crippen LogP contribution >= 0.6 is 11.3 Å². The standard InChI is InChI=1S/C21H21N3O4S/c25-18(22-7-6-13-4-5-15-16(10-13)28-9-8-27-15)11-24-12-23-20-19(21(24)26)14-2-1-3-17(14)29-20/h4-5,10,12H,1-3,6-9,11H2,(H,22,25). The molecule has 3 heterocycles. The highest BCUT2D eigenvalue weighted by molar-refractivity contribution is 7.18. The first-order chi connectivity index (χ1) is 14.2. The lowest BCUT2D eigenvalue weighted by atomic mass is 10.1. The van der Waals surface area contributed by atoms with E-state index in [1.165, 1.54) is 15.8 Å². The van der Waals surface area contributed by atoms with Gasteiger partial charge >= 0.3 is 0 Å². The number of fused-ring (bicyclic) bond motifs is 4. The number of aryl methyl sites for hydroxylation is 2. The van der Waals surface area contributed by atoms with E-state index >= 15 is 0 Å². The third-order valence-electron chi connectivity index (χ3n) is 5.35. The second-order valence-corrected chi connectivity index (χ2v) is 8.38. The molecule has 2 aliphatic rings. The minimum atomic E-state index is -0.197. The van der Waals surface area contributed by atoms with E-state index in [1.807, 2.05) is 18.2 Å². The molecule has 0 saturated carbocycles. The van der Waals surface area contributed by atoms with Crippen LogP contribution in [-0.4, -0.2) is 35.2 Å². The zero-order valence-corrected chi connectivity index (χ0v) is 16.7. The number of carbonyl (C=O) groups is 1. The Kier molecular flexibility index (Phi) is 4.71. The molecule has 3 aromatic rings. The molecule has 8 heteroatoms. The highest BCUT2D eigenvalue weighted by atomic mass is 32.1. The Labute approximate surface area is 171 Å².